The Kier molecular flexibility index (Phi) is 1.31. The van der Waals surface area contributed by atoms with Crippen molar-refractivity contribution in [2.45, 2.75) is 25.7 Å². The number of hydrogen-bond donors (Lipinski definition) is 1. The van der Waals surface area contributed by atoms with Crippen LogP contribution in [0.5, 0.6) is 0 Å². The van der Waals surface area contributed by atoms with Gasteiger partial charge in [0.1, 0.15) is 0 Å². The number of ketones is 1. The molecule has 0 bridgehead atoms. The van der Waals surface area contributed by atoms with Crippen LogP contribution in [0.15, 0.2) is 0 Å². The molecule has 46 valence electrons. The summed E-state index contributed by atoms with van der Waals surface area (Å²) in [6, 6.07) is 0. The minimum atomic E-state index is -1.15. The zero-order chi connectivity index (χ0) is 6.15. The normalized spacial score (nSPS) is 38.5. The Morgan fingerprint density at radius 3 is 2.62 bits per heavy atom. The van der Waals surface area contributed by atoms with Crippen molar-refractivity contribution in [1.82, 2.24) is 0 Å². The summed E-state index contributed by atoms with van der Waals surface area (Å²) in [5.74, 6) is -0.211. The maximum absolute atomic E-state index is 10.4. The summed E-state index contributed by atoms with van der Waals surface area (Å²) in [6.45, 7) is 1.76. The van der Waals surface area contributed by atoms with Crippen LogP contribution >= 0.6 is 0 Å². The van der Waals surface area contributed by atoms with Gasteiger partial charge < -0.3 is 9.84 Å². The Balaban J connectivity index is 2.51. The molecule has 0 aromatic heterocycles. The predicted octanol–water partition coefficient (Wildman–Crippen LogP) is -0.317. The van der Waals surface area contributed by atoms with Gasteiger partial charge in [0.15, 0.2) is 5.78 Å². The molecule has 0 spiro atoms. The summed E-state index contributed by atoms with van der Waals surface area (Å²) in [5, 5.41) is 8.60. The molecule has 1 aliphatic heterocycles. The second-order valence-electron chi connectivity index (χ2n) is 1.97. The molecule has 0 amide bonds. The van der Waals surface area contributed by atoms with Gasteiger partial charge in [-0.05, 0) is 6.92 Å². The summed E-state index contributed by atoms with van der Waals surface area (Å²) in [6.07, 6.45) is -0.899. The molecule has 0 saturated carbocycles. The van der Waals surface area contributed by atoms with Gasteiger partial charge in [0.2, 0.25) is 6.29 Å². The topological polar surface area (TPSA) is 46.5 Å². The van der Waals surface area contributed by atoms with Crippen LogP contribution < -0.4 is 0 Å². The van der Waals surface area contributed by atoms with E-state index in [4.69, 9.17) is 5.11 Å². The molecule has 8 heavy (non-hydrogen) atoms. The van der Waals surface area contributed by atoms with E-state index in [1.165, 1.54) is 0 Å². The van der Waals surface area contributed by atoms with Gasteiger partial charge in [-0.15, -0.1) is 0 Å². The molecule has 0 aromatic carbocycles. The summed E-state index contributed by atoms with van der Waals surface area (Å²) >= 11 is 0. The number of carbonyl (C=O) groups is 1. The lowest BCUT2D eigenvalue weighted by atomic mass is 10.2. The van der Waals surface area contributed by atoms with Gasteiger partial charge in [0.25, 0.3) is 0 Å². The van der Waals surface area contributed by atoms with E-state index in [9.17, 15) is 4.79 Å². The Morgan fingerprint density at radius 2 is 2.50 bits per heavy atom. The van der Waals surface area contributed by atoms with Crippen molar-refractivity contribution >= 4 is 5.78 Å². The van der Waals surface area contributed by atoms with E-state index in [0.29, 0.717) is 6.42 Å². The highest BCUT2D eigenvalue weighted by atomic mass is 16.6. The van der Waals surface area contributed by atoms with E-state index >= 15 is 0 Å². The van der Waals surface area contributed by atoms with Crippen LogP contribution in [0, 0.1) is 0 Å². The minimum absolute atomic E-state index is 0.0995. The number of aliphatic hydroxyl groups excluding tert-OH is 1. The van der Waals surface area contributed by atoms with Crippen molar-refractivity contribution in [3.63, 3.8) is 0 Å². The third-order valence-electron chi connectivity index (χ3n) is 1.13. The van der Waals surface area contributed by atoms with Crippen LogP contribution in [0.2, 0.25) is 0 Å². The molecule has 1 fully saturated rings. The zero-order valence-electron chi connectivity index (χ0n) is 4.63. The van der Waals surface area contributed by atoms with E-state index in [1.807, 2.05) is 0 Å². The number of Topliss-reactive ketones (excluding diaryl/α,β-unsaturated/α-hetero) is 1. The summed E-state index contributed by atoms with van der Waals surface area (Å²) in [4.78, 5) is 10.4. The van der Waals surface area contributed by atoms with Crippen LogP contribution in [0.1, 0.15) is 13.3 Å². The number of carbonyl (C=O) groups excluding carboxylic acids is 1. The Hall–Kier alpha value is -0.410. The van der Waals surface area contributed by atoms with Crippen LogP contribution in [0.4, 0.5) is 0 Å². The zero-order valence-corrected chi connectivity index (χ0v) is 4.63. The lowest BCUT2D eigenvalue weighted by Gasteiger charge is -1.98. The van der Waals surface area contributed by atoms with Gasteiger partial charge in [-0.1, -0.05) is 0 Å². The molecule has 1 N–H and O–H groups in total. The van der Waals surface area contributed by atoms with E-state index in [0.717, 1.165) is 0 Å². The van der Waals surface area contributed by atoms with Gasteiger partial charge in [0, 0.05) is 6.42 Å². The van der Waals surface area contributed by atoms with Crippen molar-refractivity contribution in [2.75, 3.05) is 0 Å². The lowest BCUT2D eigenvalue weighted by Crippen LogP contribution is -2.13. The number of hydrogen-bond acceptors (Lipinski definition) is 3. The molecule has 3 nitrogen and oxygen atoms in total. The van der Waals surface area contributed by atoms with Crippen molar-refractivity contribution in [1.29, 1.82) is 0 Å². The molecule has 1 aliphatic rings. The molecule has 1 heterocycles. The van der Waals surface area contributed by atoms with E-state index in [-0.39, 0.29) is 11.9 Å². The maximum atomic E-state index is 10.4. The summed E-state index contributed by atoms with van der Waals surface area (Å²) in [5.41, 5.74) is 0. The molecule has 0 aliphatic carbocycles. The molecule has 0 radical (unpaired) electrons. The fourth-order valence-corrected chi connectivity index (χ4v) is 0.728. The van der Waals surface area contributed by atoms with Gasteiger partial charge in [0.05, 0.1) is 6.10 Å². The minimum Gasteiger partial charge on any atom is -0.362 e. The highest BCUT2D eigenvalue weighted by molar-refractivity contribution is 5.83. The molecule has 1 saturated heterocycles. The SMILES string of the molecule is CC1CC(=O)C(O)O1. The van der Waals surface area contributed by atoms with Crippen molar-refractivity contribution < 1.29 is 14.6 Å². The van der Waals surface area contributed by atoms with Gasteiger partial charge >= 0.3 is 0 Å². The third kappa shape index (κ3) is 0.877. The number of aliphatic hydroxyl groups is 1. The molecular weight excluding hydrogens is 108 g/mol. The van der Waals surface area contributed by atoms with Gasteiger partial charge in [-0.3, -0.25) is 4.79 Å². The molecular formula is C5H8O3. The smallest absolute Gasteiger partial charge is 0.215 e. The van der Waals surface area contributed by atoms with Crippen LogP contribution in [0.3, 0.4) is 0 Å². The van der Waals surface area contributed by atoms with Crippen molar-refractivity contribution in [3.8, 4) is 0 Å². The average Bonchev–Trinajstić information content (AvgIpc) is 1.85. The molecule has 2 atom stereocenters. The molecule has 3 heteroatoms. The Morgan fingerprint density at radius 1 is 1.88 bits per heavy atom. The number of ether oxygens (including phenoxy) is 1. The van der Waals surface area contributed by atoms with Gasteiger partial charge in [-0.25, -0.2) is 0 Å². The number of rotatable bonds is 0. The van der Waals surface area contributed by atoms with Crippen molar-refractivity contribution in [2.24, 2.45) is 0 Å². The third-order valence-corrected chi connectivity index (χ3v) is 1.13. The summed E-state index contributed by atoms with van der Waals surface area (Å²) in [7, 11) is 0. The first kappa shape index (κ1) is 5.72. The first-order chi connectivity index (χ1) is 3.70. The fourth-order valence-electron chi connectivity index (χ4n) is 0.728. The highest BCUT2D eigenvalue weighted by Crippen LogP contribution is 2.12. The Bertz CT molecular complexity index is 110. The standard InChI is InChI=1S/C5H8O3/c1-3-2-4(6)5(7)8-3/h3,5,7H,2H2,1H3. The first-order valence-corrected chi connectivity index (χ1v) is 2.56. The summed E-state index contributed by atoms with van der Waals surface area (Å²) < 4.78 is 4.68. The van der Waals surface area contributed by atoms with Crippen LogP contribution in [-0.2, 0) is 9.53 Å². The van der Waals surface area contributed by atoms with Gasteiger partial charge in [-0.2, -0.15) is 0 Å². The monoisotopic (exact) mass is 116 g/mol. The average molecular weight is 116 g/mol. The van der Waals surface area contributed by atoms with Crippen LogP contribution in [-0.4, -0.2) is 23.3 Å². The highest BCUT2D eigenvalue weighted by Gasteiger charge is 2.28. The van der Waals surface area contributed by atoms with Crippen molar-refractivity contribution in [3.05, 3.63) is 0 Å². The molecule has 2 unspecified atom stereocenters. The molecule has 1 rings (SSSR count). The second kappa shape index (κ2) is 1.84. The lowest BCUT2D eigenvalue weighted by molar-refractivity contribution is -0.142. The molecule has 0 aromatic rings. The van der Waals surface area contributed by atoms with E-state index in [2.05, 4.69) is 4.74 Å². The fraction of sp³-hybridized carbons (Fsp3) is 0.800. The van der Waals surface area contributed by atoms with Crippen LogP contribution in [0.25, 0.3) is 0 Å². The second-order valence-corrected chi connectivity index (χ2v) is 1.97. The Labute approximate surface area is 47.3 Å². The van der Waals surface area contributed by atoms with E-state index in [1.54, 1.807) is 6.92 Å². The first-order valence-electron chi connectivity index (χ1n) is 2.56. The largest absolute Gasteiger partial charge is 0.362 e. The predicted molar refractivity (Wildman–Crippen MR) is 26.2 cm³/mol. The maximum Gasteiger partial charge on any atom is 0.215 e. The van der Waals surface area contributed by atoms with E-state index < -0.39 is 6.29 Å². The quantitative estimate of drug-likeness (QED) is 0.472.